The van der Waals surface area contributed by atoms with Crippen LogP contribution in [-0.2, 0) is 0 Å². The average Bonchev–Trinajstić information content (AvgIpc) is 3.43. The largest absolute Gasteiger partial charge is 0.452 e. The van der Waals surface area contributed by atoms with Crippen LogP contribution >= 0.6 is 0 Å². The van der Waals surface area contributed by atoms with Gasteiger partial charge in [0.05, 0.1) is 5.69 Å². The van der Waals surface area contributed by atoms with Gasteiger partial charge in [-0.05, 0) is 41.5 Å². The van der Waals surface area contributed by atoms with E-state index in [-0.39, 0.29) is 0 Å². The highest BCUT2D eigenvalue weighted by atomic mass is 16.4. The van der Waals surface area contributed by atoms with Crippen LogP contribution in [0.2, 0.25) is 0 Å². The Bertz CT molecular complexity index is 1770. The first-order valence-corrected chi connectivity index (χ1v) is 10.6. The van der Waals surface area contributed by atoms with Crippen LogP contribution in [0.25, 0.3) is 66.3 Å². The Balaban J connectivity index is 1.62. The van der Waals surface area contributed by atoms with Crippen molar-refractivity contribution in [1.82, 2.24) is 4.98 Å². The lowest BCUT2D eigenvalue weighted by Crippen LogP contribution is -1.86. The van der Waals surface area contributed by atoms with Crippen molar-refractivity contribution in [3.8, 4) is 22.4 Å². The zero-order chi connectivity index (χ0) is 21.1. The minimum absolute atomic E-state index is 0.785. The van der Waals surface area contributed by atoms with Gasteiger partial charge < -0.3 is 8.83 Å². The molecule has 7 aromatic rings. The predicted molar refractivity (Wildman–Crippen MR) is 130 cm³/mol. The van der Waals surface area contributed by atoms with Gasteiger partial charge >= 0.3 is 0 Å². The van der Waals surface area contributed by atoms with Crippen LogP contribution in [0.4, 0.5) is 0 Å². The molecule has 0 aliphatic carbocycles. The molecule has 0 fully saturated rings. The van der Waals surface area contributed by atoms with Crippen LogP contribution < -0.4 is 0 Å². The van der Waals surface area contributed by atoms with E-state index in [1.54, 1.807) is 0 Å². The molecule has 150 valence electrons. The van der Waals surface area contributed by atoms with E-state index in [9.17, 15) is 0 Å². The third-order valence-electron chi connectivity index (χ3n) is 6.13. The molecule has 0 saturated heterocycles. The van der Waals surface area contributed by atoms with Crippen LogP contribution in [0.1, 0.15) is 0 Å². The molecule has 0 amide bonds. The third-order valence-corrected chi connectivity index (χ3v) is 6.13. The molecule has 0 radical (unpaired) electrons. The number of hydrogen-bond donors (Lipinski definition) is 0. The SMILES string of the molecule is c1ccc(-c2cc(-c3cc4c5ccccc5oc4c4oc5ccccc5c34)ccn2)cc1. The summed E-state index contributed by atoms with van der Waals surface area (Å²) in [6.45, 7) is 0. The highest BCUT2D eigenvalue weighted by Crippen LogP contribution is 2.44. The maximum absolute atomic E-state index is 6.36. The fourth-order valence-electron chi connectivity index (χ4n) is 4.66. The number of fused-ring (bicyclic) bond motifs is 7. The van der Waals surface area contributed by atoms with Crippen molar-refractivity contribution >= 4 is 43.9 Å². The maximum atomic E-state index is 6.36. The van der Waals surface area contributed by atoms with Crippen LogP contribution in [0.3, 0.4) is 0 Å². The Kier molecular flexibility index (Phi) is 3.55. The zero-order valence-corrected chi connectivity index (χ0v) is 17.1. The highest BCUT2D eigenvalue weighted by molar-refractivity contribution is 6.23. The van der Waals surface area contributed by atoms with Gasteiger partial charge in [0, 0.05) is 33.3 Å². The van der Waals surface area contributed by atoms with E-state index in [0.29, 0.717) is 0 Å². The topological polar surface area (TPSA) is 39.2 Å². The van der Waals surface area contributed by atoms with E-state index in [2.05, 4.69) is 47.4 Å². The molecular weight excluding hydrogens is 394 g/mol. The number of rotatable bonds is 2. The molecule has 3 heteroatoms. The van der Waals surface area contributed by atoms with E-state index in [0.717, 1.165) is 66.3 Å². The minimum Gasteiger partial charge on any atom is -0.452 e. The second kappa shape index (κ2) is 6.56. The smallest absolute Gasteiger partial charge is 0.179 e. The minimum atomic E-state index is 0.785. The van der Waals surface area contributed by atoms with E-state index in [4.69, 9.17) is 8.83 Å². The number of hydrogen-bond acceptors (Lipinski definition) is 3. The molecule has 0 spiro atoms. The van der Waals surface area contributed by atoms with Gasteiger partial charge in [-0.3, -0.25) is 4.98 Å². The summed E-state index contributed by atoms with van der Waals surface area (Å²) in [4.78, 5) is 4.63. The summed E-state index contributed by atoms with van der Waals surface area (Å²) >= 11 is 0. The lowest BCUT2D eigenvalue weighted by atomic mass is 9.96. The van der Waals surface area contributed by atoms with Crippen LogP contribution in [0, 0.1) is 0 Å². The fraction of sp³-hybridized carbons (Fsp3) is 0. The molecule has 0 N–H and O–H groups in total. The van der Waals surface area contributed by atoms with Crippen molar-refractivity contribution in [1.29, 1.82) is 0 Å². The van der Waals surface area contributed by atoms with E-state index in [1.165, 1.54) is 0 Å². The quantitative estimate of drug-likeness (QED) is 0.288. The first kappa shape index (κ1) is 17.3. The van der Waals surface area contributed by atoms with Crippen LogP contribution in [0.5, 0.6) is 0 Å². The van der Waals surface area contributed by atoms with Gasteiger partial charge in [0.15, 0.2) is 11.2 Å². The molecule has 0 bridgehead atoms. The third kappa shape index (κ3) is 2.45. The second-order valence-electron chi connectivity index (χ2n) is 8.00. The molecule has 0 aliphatic heterocycles. The van der Waals surface area contributed by atoms with Gasteiger partial charge in [-0.25, -0.2) is 0 Å². The Labute approximate surface area is 183 Å². The Morgan fingerprint density at radius 2 is 1.22 bits per heavy atom. The van der Waals surface area contributed by atoms with E-state index < -0.39 is 0 Å². The van der Waals surface area contributed by atoms with Gasteiger partial charge in [0.1, 0.15) is 11.2 Å². The normalized spacial score (nSPS) is 11.8. The molecule has 0 unspecified atom stereocenters. The molecule has 3 nitrogen and oxygen atoms in total. The average molecular weight is 411 g/mol. The zero-order valence-electron chi connectivity index (χ0n) is 17.1. The Morgan fingerprint density at radius 3 is 2.06 bits per heavy atom. The van der Waals surface area contributed by atoms with Gasteiger partial charge in [0.25, 0.3) is 0 Å². The summed E-state index contributed by atoms with van der Waals surface area (Å²) in [6, 6.07) is 33.0. The summed E-state index contributed by atoms with van der Waals surface area (Å²) in [7, 11) is 0. The van der Waals surface area contributed by atoms with E-state index >= 15 is 0 Å². The molecule has 3 heterocycles. The first-order chi connectivity index (χ1) is 15.9. The Hall–Kier alpha value is -4.37. The lowest BCUT2D eigenvalue weighted by Gasteiger charge is -2.08. The molecule has 0 atom stereocenters. The summed E-state index contributed by atoms with van der Waals surface area (Å²) in [5, 5.41) is 4.29. The first-order valence-electron chi connectivity index (χ1n) is 10.6. The number of furan rings is 2. The Morgan fingerprint density at radius 1 is 0.531 bits per heavy atom. The van der Waals surface area contributed by atoms with Crippen LogP contribution in [0.15, 0.2) is 112 Å². The highest BCUT2D eigenvalue weighted by Gasteiger charge is 2.20. The van der Waals surface area contributed by atoms with Crippen molar-refractivity contribution in [3.63, 3.8) is 0 Å². The van der Waals surface area contributed by atoms with Crippen LogP contribution in [-0.4, -0.2) is 4.98 Å². The summed E-state index contributed by atoms with van der Waals surface area (Å²) in [5.41, 5.74) is 7.55. The maximum Gasteiger partial charge on any atom is 0.179 e. The van der Waals surface area contributed by atoms with Gasteiger partial charge in [-0.2, -0.15) is 0 Å². The van der Waals surface area contributed by atoms with Crippen molar-refractivity contribution in [3.05, 3.63) is 103 Å². The van der Waals surface area contributed by atoms with Crippen molar-refractivity contribution < 1.29 is 8.83 Å². The van der Waals surface area contributed by atoms with E-state index in [1.807, 2.05) is 60.8 Å². The van der Waals surface area contributed by atoms with Crippen molar-refractivity contribution in [2.45, 2.75) is 0 Å². The monoisotopic (exact) mass is 411 g/mol. The van der Waals surface area contributed by atoms with Crippen molar-refractivity contribution in [2.75, 3.05) is 0 Å². The molecule has 4 aromatic carbocycles. The number of para-hydroxylation sites is 2. The van der Waals surface area contributed by atoms with Gasteiger partial charge in [-0.15, -0.1) is 0 Å². The predicted octanol–water partition coefficient (Wildman–Crippen LogP) is 8.21. The van der Waals surface area contributed by atoms with Crippen molar-refractivity contribution in [2.24, 2.45) is 0 Å². The fourth-order valence-corrected chi connectivity index (χ4v) is 4.66. The van der Waals surface area contributed by atoms with Gasteiger partial charge in [0.2, 0.25) is 0 Å². The summed E-state index contributed by atoms with van der Waals surface area (Å²) in [5.74, 6) is 0. The molecule has 32 heavy (non-hydrogen) atoms. The van der Waals surface area contributed by atoms with Gasteiger partial charge in [-0.1, -0.05) is 66.7 Å². The number of pyridine rings is 1. The molecule has 0 saturated carbocycles. The summed E-state index contributed by atoms with van der Waals surface area (Å²) < 4.78 is 12.6. The second-order valence-corrected chi connectivity index (χ2v) is 8.00. The molecule has 0 aliphatic rings. The lowest BCUT2D eigenvalue weighted by molar-refractivity contribution is 0.633. The number of aromatic nitrogens is 1. The molecular formula is C29H17NO2. The molecule has 7 rings (SSSR count). The number of benzene rings is 4. The number of nitrogens with zero attached hydrogens (tertiary/aromatic N) is 1. The molecule has 3 aromatic heterocycles. The summed E-state index contributed by atoms with van der Waals surface area (Å²) in [6.07, 6.45) is 1.88. The standard InChI is InChI=1S/C29H17NO2/c1-2-8-18(9-3-1)24-16-19(14-15-30-24)22-17-23-20-10-4-6-12-25(20)31-28(23)29-27(22)21-11-5-7-13-26(21)32-29/h1-17H.